The van der Waals surface area contributed by atoms with Gasteiger partial charge in [-0.2, -0.15) is 0 Å². The fourth-order valence-corrected chi connectivity index (χ4v) is 3.72. The predicted molar refractivity (Wildman–Crippen MR) is 74.4 cm³/mol. The molecule has 0 radical (unpaired) electrons. The van der Waals surface area contributed by atoms with E-state index >= 15 is 0 Å². The third kappa shape index (κ3) is 2.08. The van der Waals surface area contributed by atoms with E-state index in [-0.39, 0.29) is 0 Å². The predicted octanol–water partition coefficient (Wildman–Crippen LogP) is 2.66. The van der Waals surface area contributed by atoms with Crippen molar-refractivity contribution in [1.82, 2.24) is 9.97 Å². The monoisotopic (exact) mass is 285 g/mol. The van der Waals surface area contributed by atoms with E-state index in [1.807, 2.05) is 11.8 Å². The first-order valence-electron chi connectivity index (χ1n) is 6.19. The quantitative estimate of drug-likeness (QED) is 0.742. The Balaban J connectivity index is 2.03. The van der Waals surface area contributed by atoms with Gasteiger partial charge < -0.3 is 9.64 Å². The van der Waals surface area contributed by atoms with Crippen LogP contribution in [-0.2, 0) is 10.5 Å². The molecule has 2 aliphatic heterocycles. The van der Waals surface area contributed by atoms with Gasteiger partial charge in [-0.15, -0.1) is 11.8 Å². The van der Waals surface area contributed by atoms with E-state index < -0.39 is 0 Å². The minimum atomic E-state index is 0.342. The summed E-state index contributed by atoms with van der Waals surface area (Å²) in [7, 11) is 0. The van der Waals surface area contributed by atoms with Crippen LogP contribution in [0.15, 0.2) is 0 Å². The summed E-state index contributed by atoms with van der Waals surface area (Å²) in [6.45, 7) is 6.71. The Bertz CT molecular complexity index is 471. The van der Waals surface area contributed by atoms with Gasteiger partial charge in [0.25, 0.3) is 0 Å². The zero-order valence-corrected chi connectivity index (χ0v) is 12.1. The molecule has 6 heteroatoms. The smallest absolute Gasteiger partial charge is 0.224 e. The number of aromatic nitrogens is 2. The van der Waals surface area contributed by atoms with Crippen molar-refractivity contribution in [3.8, 4) is 0 Å². The van der Waals surface area contributed by atoms with Gasteiger partial charge in [-0.1, -0.05) is 0 Å². The highest BCUT2D eigenvalue weighted by Crippen LogP contribution is 2.44. The lowest BCUT2D eigenvalue weighted by Gasteiger charge is -2.35. The third-order valence-electron chi connectivity index (χ3n) is 3.49. The van der Waals surface area contributed by atoms with Crippen LogP contribution in [-0.4, -0.2) is 35.8 Å². The van der Waals surface area contributed by atoms with Crippen molar-refractivity contribution in [2.24, 2.45) is 0 Å². The van der Waals surface area contributed by atoms with E-state index in [1.54, 1.807) is 0 Å². The molecule has 2 atom stereocenters. The summed E-state index contributed by atoms with van der Waals surface area (Å²) in [6, 6.07) is 0.342. The lowest BCUT2D eigenvalue weighted by molar-refractivity contribution is 0.0984. The van der Waals surface area contributed by atoms with Crippen molar-refractivity contribution in [3.63, 3.8) is 0 Å². The fraction of sp³-hybridized carbons (Fsp3) is 0.667. The van der Waals surface area contributed by atoms with Gasteiger partial charge in [0.15, 0.2) is 0 Å². The van der Waals surface area contributed by atoms with Crippen LogP contribution in [0.3, 0.4) is 0 Å². The van der Waals surface area contributed by atoms with Crippen LogP contribution in [0.5, 0.6) is 0 Å². The summed E-state index contributed by atoms with van der Waals surface area (Å²) in [5.41, 5.74) is 2.36. The van der Waals surface area contributed by atoms with Gasteiger partial charge in [0.2, 0.25) is 5.28 Å². The van der Waals surface area contributed by atoms with Gasteiger partial charge >= 0.3 is 0 Å². The first-order chi connectivity index (χ1) is 8.66. The molecule has 4 nitrogen and oxygen atoms in total. The summed E-state index contributed by atoms with van der Waals surface area (Å²) >= 11 is 7.97. The topological polar surface area (TPSA) is 38.2 Å². The maximum absolute atomic E-state index is 6.07. The van der Waals surface area contributed by atoms with E-state index in [9.17, 15) is 0 Å². The average molecular weight is 286 g/mol. The number of hydrogen-bond donors (Lipinski definition) is 0. The molecule has 1 aromatic rings. The van der Waals surface area contributed by atoms with Crippen LogP contribution in [0.2, 0.25) is 5.28 Å². The number of hydrogen-bond acceptors (Lipinski definition) is 5. The number of thioether (sulfide) groups is 1. The second-order valence-electron chi connectivity index (χ2n) is 4.75. The molecule has 2 aliphatic rings. The average Bonchev–Trinajstić information content (AvgIpc) is 2.71. The summed E-state index contributed by atoms with van der Waals surface area (Å²) < 4.78 is 5.48. The molecule has 0 aliphatic carbocycles. The zero-order chi connectivity index (χ0) is 12.7. The van der Waals surface area contributed by atoms with E-state index in [0.717, 1.165) is 37.0 Å². The minimum Gasteiger partial charge on any atom is -0.377 e. The Kier molecular flexibility index (Phi) is 3.38. The Labute approximate surface area is 116 Å². The summed E-state index contributed by atoms with van der Waals surface area (Å²) in [5, 5.41) is 0.771. The van der Waals surface area contributed by atoms with E-state index in [1.165, 1.54) is 5.56 Å². The van der Waals surface area contributed by atoms with Crippen LogP contribution in [0, 0.1) is 0 Å². The Morgan fingerprint density at radius 1 is 1.39 bits per heavy atom. The zero-order valence-electron chi connectivity index (χ0n) is 10.5. The molecule has 0 saturated carbocycles. The van der Waals surface area contributed by atoms with Crippen LogP contribution in [0.25, 0.3) is 0 Å². The fourth-order valence-electron chi connectivity index (χ4n) is 2.50. The number of morpholine rings is 1. The molecule has 0 aromatic carbocycles. The first-order valence-corrected chi connectivity index (χ1v) is 7.62. The van der Waals surface area contributed by atoms with Crippen molar-refractivity contribution >= 4 is 29.2 Å². The molecule has 1 fully saturated rings. The molecule has 1 unspecified atom stereocenters. The summed E-state index contributed by atoms with van der Waals surface area (Å²) in [4.78, 5) is 11.2. The van der Waals surface area contributed by atoms with Crippen LogP contribution in [0.4, 0.5) is 5.82 Å². The highest BCUT2D eigenvalue weighted by molar-refractivity contribution is 7.99. The number of fused-ring (bicyclic) bond motifs is 1. The van der Waals surface area contributed by atoms with Gasteiger partial charge in [-0.25, -0.2) is 9.97 Å². The molecule has 1 saturated heterocycles. The first kappa shape index (κ1) is 12.5. The molecule has 18 heavy (non-hydrogen) atoms. The molecule has 0 N–H and O–H groups in total. The van der Waals surface area contributed by atoms with Crippen molar-refractivity contribution < 1.29 is 4.74 Å². The molecular weight excluding hydrogens is 270 g/mol. The SMILES string of the molecule is CC1SCc2c1nc(Cl)nc2N1CCOC[C@@H]1C. The van der Waals surface area contributed by atoms with Crippen LogP contribution < -0.4 is 4.90 Å². The van der Waals surface area contributed by atoms with Crippen LogP contribution >= 0.6 is 23.4 Å². The van der Waals surface area contributed by atoms with Crippen molar-refractivity contribution in [3.05, 3.63) is 16.5 Å². The normalized spacial score (nSPS) is 27.4. The van der Waals surface area contributed by atoms with E-state index in [2.05, 4.69) is 28.7 Å². The maximum atomic E-state index is 6.07. The van der Waals surface area contributed by atoms with Gasteiger partial charge in [-0.05, 0) is 25.4 Å². The number of halogens is 1. The number of nitrogens with zero attached hydrogens (tertiary/aromatic N) is 3. The van der Waals surface area contributed by atoms with Gasteiger partial charge in [0, 0.05) is 23.1 Å². The summed E-state index contributed by atoms with van der Waals surface area (Å²) in [5.74, 6) is 1.99. The Morgan fingerprint density at radius 2 is 2.22 bits per heavy atom. The van der Waals surface area contributed by atoms with Gasteiger partial charge in [0.1, 0.15) is 5.82 Å². The lowest BCUT2D eigenvalue weighted by atomic mass is 10.1. The molecule has 1 aromatic heterocycles. The molecule has 0 spiro atoms. The van der Waals surface area contributed by atoms with Crippen molar-refractivity contribution in [2.45, 2.75) is 30.9 Å². The van der Waals surface area contributed by atoms with Crippen LogP contribution in [0.1, 0.15) is 30.4 Å². The Morgan fingerprint density at radius 3 is 3.00 bits per heavy atom. The maximum Gasteiger partial charge on any atom is 0.224 e. The standard InChI is InChI=1S/C12H16ClN3OS/c1-7-5-17-4-3-16(7)11-9-6-18-8(2)10(9)14-12(13)15-11/h7-8H,3-6H2,1-2H3/t7-,8?/m0/s1. The van der Waals surface area contributed by atoms with E-state index in [0.29, 0.717) is 16.6 Å². The second-order valence-corrected chi connectivity index (χ2v) is 6.42. The minimum absolute atomic E-state index is 0.342. The highest BCUT2D eigenvalue weighted by atomic mass is 35.5. The second kappa shape index (κ2) is 4.87. The largest absolute Gasteiger partial charge is 0.377 e. The van der Waals surface area contributed by atoms with Gasteiger partial charge in [-0.3, -0.25) is 0 Å². The lowest BCUT2D eigenvalue weighted by Crippen LogP contribution is -2.44. The number of anilines is 1. The number of rotatable bonds is 1. The highest BCUT2D eigenvalue weighted by Gasteiger charge is 2.30. The molecule has 3 heterocycles. The summed E-state index contributed by atoms with van der Waals surface area (Å²) in [6.07, 6.45) is 0. The van der Waals surface area contributed by atoms with E-state index in [4.69, 9.17) is 16.3 Å². The molecule has 3 rings (SSSR count). The van der Waals surface area contributed by atoms with Gasteiger partial charge in [0.05, 0.1) is 24.9 Å². The Hall–Kier alpha value is -0.520. The number of ether oxygens (including phenoxy) is 1. The molecule has 0 amide bonds. The van der Waals surface area contributed by atoms with Crippen molar-refractivity contribution in [2.75, 3.05) is 24.7 Å². The molecular formula is C12H16ClN3OS. The molecule has 98 valence electrons. The molecule has 0 bridgehead atoms. The van der Waals surface area contributed by atoms with Crippen molar-refractivity contribution in [1.29, 1.82) is 0 Å². The third-order valence-corrected chi connectivity index (χ3v) is 4.84.